The summed E-state index contributed by atoms with van der Waals surface area (Å²) in [6, 6.07) is 0. The van der Waals surface area contributed by atoms with Gasteiger partial charge in [-0.2, -0.15) is 0 Å². The maximum atomic E-state index is 14.9. The number of carbonyl (C=O) groups excluding carboxylic acids is 4. The van der Waals surface area contributed by atoms with Crippen molar-refractivity contribution >= 4 is 23.3 Å². The van der Waals surface area contributed by atoms with Gasteiger partial charge in [0.15, 0.2) is 0 Å². The van der Waals surface area contributed by atoms with E-state index in [1.54, 1.807) is 13.8 Å². The van der Waals surface area contributed by atoms with E-state index in [-0.39, 0.29) is 67.2 Å². The maximum Gasteiger partial charge on any atom is 0.313 e. The number of hydrogen-bond acceptors (Lipinski definition) is 9. The van der Waals surface area contributed by atoms with Crippen LogP contribution in [0.3, 0.4) is 0 Å². The molecule has 2 aliphatic heterocycles. The van der Waals surface area contributed by atoms with E-state index in [0.29, 0.717) is 38.7 Å². The number of carbonyl (C=O) groups is 4. The van der Waals surface area contributed by atoms with Crippen LogP contribution in [0.25, 0.3) is 0 Å². The van der Waals surface area contributed by atoms with E-state index in [0.717, 1.165) is 24.0 Å². The van der Waals surface area contributed by atoms with Gasteiger partial charge in [0.05, 0.1) is 41.5 Å². The molecule has 2 aliphatic carbocycles. The number of aliphatic hydroxyl groups is 2. The molecule has 0 amide bonds. The number of rotatable bonds is 4. The van der Waals surface area contributed by atoms with Crippen molar-refractivity contribution in [2.45, 2.75) is 168 Å². The van der Waals surface area contributed by atoms with E-state index < -0.39 is 58.1 Å². The Morgan fingerprint density at radius 3 is 2.27 bits per heavy atom. The summed E-state index contributed by atoms with van der Waals surface area (Å²) in [5.74, 6) is -3.54. The summed E-state index contributed by atoms with van der Waals surface area (Å²) in [4.78, 5) is 58.1. The molecule has 0 aromatic heterocycles. The normalized spacial score (nSPS) is 42.7. The third-order valence-corrected chi connectivity index (χ3v) is 13.3. The Hall–Kier alpha value is -2.20. The number of esters is 1. The van der Waals surface area contributed by atoms with Crippen molar-refractivity contribution in [1.29, 1.82) is 0 Å². The van der Waals surface area contributed by atoms with Gasteiger partial charge in [0.1, 0.15) is 17.3 Å². The molecule has 52 heavy (non-hydrogen) atoms. The number of allylic oxidation sites excluding steroid dienone is 2. The third kappa shape index (κ3) is 8.84. The average Bonchev–Trinajstić information content (AvgIpc) is 3.05. The number of fused-ring (bicyclic) bond motifs is 5. The first-order valence-electron chi connectivity index (χ1n) is 20.0. The van der Waals surface area contributed by atoms with Crippen LogP contribution in [-0.4, -0.2) is 76.3 Å². The van der Waals surface area contributed by atoms with E-state index in [1.807, 2.05) is 60.6 Å². The Kier molecular flexibility index (Phi) is 13.6. The molecule has 0 radical (unpaired) electrons. The van der Waals surface area contributed by atoms with Gasteiger partial charge in [0.25, 0.3) is 0 Å². The highest BCUT2D eigenvalue weighted by atomic mass is 16.5. The van der Waals surface area contributed by atoms with Crippen LogP contribution in [0.1, 0.15) is 139 Å². The van der Waals surface area contributed by atoms with Crippen LogP contribution in [0.15, 0.2) is 23.3 Å². The Morgan fingerprint density at radius 2 is 1.63 bits per heavy atom. The Morgan fingerprint density at radius 1 is 0.962 bits per heavy atom. The lowest BCUT2D eigenvalue weighted by Gasteiger charge is -2.54. The summed E-state index contributed by atoms with van der Waals surface area (Å²) < 4.78 is 18.7. The predicted octanol–water partition coefficient (Wildman–Crippen LogP) is 7.29. The molecule has 294 valence electrons. The average molecular weight is 729 g/mol. The smallest absolute Gasteiger partial charge is 0.313 e. The Bertz CT molecular complexity index is 1390. The van der Waals surface area contributed by atoms with Gasteiger partial charge in [0.2, 0.25) is 0 Å². The molecule has 9 nitrogen and oxygen atoms in total. The largest absolute Gasteiger partial charge is 0.469 e. The molecule has 4 rings (SSSR count). The molecular weight excluding hydrogens is 660 g/mol. The number of ketones is 3. The molecule has 11 atom stereocenters. The quantitative estimate of drug-likeness (QED) is 0.226. The van der Waals surface area contributed by atoms with Gasteiger partial charge in [-0.25, -0.2) is 0 Å². The van der Waals surface area contributed by atoms with Crippen molar-refractivity contribution in [3.8, 4) is 0 Å². The summed E-state index contributed by atoms with van der Waals surface area (Å²) in [7, 11) is 1.32. The van der Waals surface area contributed by atoms with Crippen molar-refractivity contribution in [3.05, 3.63) is 23.3 Å². The van der Waals surface area contributed by atoms with Crippen molar-refractivity contribution < 1.29 is 43.6 Å². The van der Waals surface area contributed by atoms with Crippen LogP contribution in [0.4, 0.5) is 0 Å². The van der Waals surface area contributed by atoms with E-state index in [9.17, 15) is 29.4 Å². The van der Waals surface area contributed by atoms with E-state index in [1.165, 1.54) is 7.11 Å². The van der Waals surface area contributed by atoms with Crippen molar-refractivity contribution in [2.75, 3.05) is 13.7 Å². The second kappa shape index (κ2) is 16.7. The van der Waals surface area contributed by atoms with Crippen LogP contribution in [0, 0.1) is 40.9 Å². The molecule has 3 fully saturated rings. The fourth-order valence-electron chi connectivity index (χ4n) is 9.81. The highest BCUT2D eigenvalue weighted by Crippen LogP contribution is 2.58. The first kappa shape index (κ1) is 42.5. The van der Waals surface area contributed by atoms with Crippen LogP contribution < -0.4 is 0 Å². The molecule has 2 N–H and O–H groups in total. The molecule has 1 saturated heterocycles. The molecule has 0 spiro atoms. The molecule has 9 heteroatoms. The van der Waals surface area contributed by atoms with Gasteiger partial charge < -0.3 is 24.4 Å². The summed E-state index contributed by atoms with van der Waals surface area (Å²) in [6.45, 7) is 17.6. The Labute approximate surface area is 312 Å². The summed E-state index contributed by atoms with van der Waals surface area (Å²) in [5.41, 5.74) is -3.37. The van der Waals surface area contributed by atoms with Crippen LogP contribution in [-0.2, 0) is 33.4 Å². The standard InChI is InChI=1S/C43H68O9/c1-11-51-42(9)24-33-35(45)22-27(4)13-12-14-29(6)34(44)23-30(26(2)3)36(46)25-43(33,39(47)50-10)32-21-28(5)15-16-37-41(8,49)20-18-38(52-37)40(7,48)19-17-31(32)42/h17,21,26-27,29-30,32-33,37-38,48-49H,11-16,18-20,22-25H2,1-10H3/b28-21+,31-17?/t27-,29+,30-,32-,33+,37-,38+,40-,41+,42+,43-/m0/s1. The summed E-state index contributed by atoms with van der Waals surface area (Å²) >= 11 is 0. The van der Waals surface area contributed by atoms with E-state index in [4.69, 9.17) is 14.2 Å². The number of Topliss-reactive ketones (excluding diaryl/α,β-unsaturated/α-hetero) is 3. The number of hydrogen-bond donors (Lipinski definition) is 2. The second-order valence-electron chi connectivity index (χ2n) is 18.0. The topological polar surface area (TPSA) is 136 Å². The Balaban J connectivity index is 2.03. The first-order valence-corrected chi connectivity index (χ1v) is 20.0. The summed E-state index contributed by atoms with van der Waals surface area (Å²) in [6.07, 6.45) is 7.55. The van der Waals surface area contributed by atoms with Gasteiger partial charge in [-0.05, 0) is 97.0 Å². The van der Waals surface area contributed by atoms with Gasteiger partial charge in [0, 0.05) is 49.5 Å². The zero-order valence-corrected chi connectivity index (χ0v) is 33.7. The van der Waals surface area contributed by atoms with Crippen LogP contribution in [0.5, 0.6) is 0 Å². The lowest BCUT2D eigenvalue weighted by Crippen LogP contribution is -2.60. The molecular formula is C43H68O9. The second-order valence-corrected chi connectivity index (χ2v) is 18.0. The lowest BCUT2D eigenvalue weighted by molar-refractivity contribution is -0.214. The molecule has 0 aromatic carbocycles. The molecule has 2 bridgehead atoms. The maximum absolute atomic E-state index is 14.9. The minimum absolute atomic E-state index is 0.0124. The van der Waals surface area contributed by atoms with E-state index >= 15 is 0 Å². The van der Waals surface area contributed by atoms with Crippen molar-refractivity contribution in [2.24, 2.45) is 40.9 Å². The zero-order chi connectivity index (χ0) is 38.8. The molecule has 2 saturated carbocycles. The van der Waals surface area contributed by atoms with Gasteiger partial charge in [-0.1, -0.05) is 58.3 Å². The van der Waals surface area contributed by atoms with Gasteiger partial charge in [-0.15, -0.1) is 0 Å². The lowest BCUT2D eigenvalue weighted by atomic mass is 9.50. The SMILES string of the molecule is CCO[C@]1(C)C[C@@H]2C(=O)C[C@@H](C)CCC[C@@H](C)C(=O)C[C@@H](C(C)C)C(=O)C[C@]2(C(=O)OC)[C@H]2/C=C(\C)CC[C@@H]3O[C@H](CC[C@@]3(C)O)[C@@](C)(O)CC=C21. The minimum atomic E-state index is -1.62. The fourth-order valence-corrected chi connectivity index (χ4v) is 9.81. The highest BCUT2D eigenvalue weighted by Gasteiger charge is 2.64. The van der Waals surface area contributed by atoms with Gasteiger partial charge in [-0.3, -0.25) is 19.2 Å². The van der Waals surface area contributed by atoms with Gasteiger partial charge >= 0.3 is 5.97 Å². The van der Waals surface area contributed by atoms with Crippen LogP contribution in [0.2, 0.25) is 0 Å². The fraction of sp³-hybridized carbons (Fsp3) is 0.814. The van der Waals surface area contributed by atoms with Crippen molar-refractivity contribution in [3.63, 3.8) is 0 Å². The van der Waals surface area contributed by atoms with E-state index in [2.05, 4.69) is 0 Å². The minimum Gasteiger partial charge on any atom is -0.469 e. The van der Waals surface area contributed by atoms with Crippen molar-refractivity contribution in [1.82, 2.24) is 0 Å². The molecule has 4 aliphatic rings. The molecule has 0 aromatic rings. The predicted molar refractivity (Wildman–Crippen MR) is 200 cm³/mol. The number of methoxy groups -OCH3 is 1. The monoisotopic (exact) mass is 728 g/mol. The first-order chi connectivity index (χ1) is 24.2. The third-order valence-electron chi connectivity index (χ3n) is 13.3. The molecule has 2 heterocycles. The number of ether oxygens (including phenoxy) is 3. The molecule has 0 unspecified atom stereocenters. The highest BCUT2D eigenvalue weighted by molar-refractivity contribution is 5.97. The zero-order valence-electron chi connectivity index (χ0n) is 33.7. The summed E-state index contributed by atoms with van der Waals surface area (Å²) in [5, 5.41) is 23.3. The van der Waals surface area contributed by atoms with Crippen LogP contribution >= 0.6 is 0 Å².